The third kappa shape index (κ3) is 3.46. The molecular formula is C19H13F3N4O. The van der Waals surface area contributed by atoms with E-state index in [1.165, 1.54) is 16.8 Å². The molecule has 2 aromatic heterocycles. The topological polar surface area (TPSA) is 63.8 Å². The van der Waals surface area contributed by atoms with Crippen molar-refractivity contribution in [3.05, 3.63) is 71.9 Å². The van der Waals surface area contributed by atoms with Gasteiger partial charge in [-0.25, -0.2) is 9.67 Å². The molecule has 0 radical (unpaired) electrons. The van der Waals surface area contributed by atoms with Gasteiger partial charge in [0.15, 0.2) is 0 Å². The minimum absolute atomic E-state index is 0.0755. The maximum absolute atomic E-state index is 12.6. The summed E-state index contributed by atoms with van der Waals surface area (Å²) in [5, 5.41) is 18.8. The van der Waals surface area contributed by atoms with Gasteiger partial charge in [-0.1, -0.05) is 35.5 Å². The zero-order valence-electron chi connectivity index (χ0n) is 13.9. The van der Waals surface area contributed by atoms with Crippen molar-refractivity contribution in [3.63, 3.8) is 0 Å². The number of hydrogen-bond donors (Lipinski definition) is 1. The van der Waals surface area contributed by atoms with Crippen LogP contribution in [0.4, 0.5) is 13.2 Å². The number of benzene rings is 2. The Kier molecular flexibility index (Phi) is 4.02. The summed E-state index contributed by atoms with van der Waals surface area (Å²) in [5.74, 6) is 0.0755. The Labute approximate surface area is 151 Å². The van der Waals surface area contributed by atoms with E-state index >= 15 is 0 Å². The highest BCUT2D eigenvalue weighted by Crippen LogP contribution is 2.29. The van der Waals surface area contributed by atoms with Crippen LogP contribution in [-0.4, -0.2) is 25.1 Å². The van der Waals surface area contributed by atoms with Gasteiger partial charge in [0.05, 0.1) is 24.0 Å². The van der Waals surface area contributed by atoms with Crippen LogP contribution >= 0.6 is 0 Å². The molecule has 0 atom stereocenters. The van der Waals surface area contributed by atoms with Gasteiger partial charge < -0.3 is 5.11 Å². The maximum Gasteiger partial charge on any atom is 0.416 e. The van der Waals surface area contributed by atoms with Crippen molar-refractivity contribution in [2.75, 3.05) is 0 Å². The van der Waals surface area contributed by atoms with Crippen molar-refractivity contribution in [1.29, 1.82) is 0 Å². The molecule has 2 aromatic carbocycles. The number of rotatable bonds is 3. The summed E-state index contributed by atoms with van der Waals surface area (Å²) in [5.41, 5.74) is 1.50. The number of aromatic nitrogens is 4. The van der Waals surface area contributed by atoms with E-state index in [1.54, 1.807) is 24.4 Å². The lowest BCUT2D eigenvalue weighted by molar-refractivity contribution is -0.137. The van der Waals surface area contributed by atoms with Gasteiger partial charge in [0.2, 0.25) is 0 Å². The first-order valence-electron chi connectivity index (χ1n) is 8.05. The Bertz CT molecular complexity index is 1100. The van der Waals surface area contributed by atoms with E-state index in [0.29, 0.717) is 22.5 Å². The van der Waals surface area contributed by atoms with Gasteiger partial charge in [0.25, 0.3) is 0 Å². The van der Waals surface area contributed by atoms with Crippen molar-refractivity contribution < 1.29 is 18.3 Å². The lowest BCUT2D eigenvalue weighted by atomic mass is 10.1. The molecule has 0 bridgehead atoms. The van der Waals surface area contributed by atoms with Crippen LogP contribution in [0.1, 0.15) is 11.1 Å². The molecule has 4 aromatic rings. The smallest absolute Gasteiger partial charge is 0.416 e. The number of fused-ring (bicyclic) bond motifs is 1. The second-order valence-electron chi connectivity index (χ2n) is 6.04. The fourth-order valence-electron chi connectivity index (χ4n) is 2.75. The Balaban J connectivity index is 1.58. The predicted molar refractivity (Wildman–Crippen MR) is 93.0 cm³/mol. The summed E-state index contributed by atoms with van der Waals surface area (Å²) in [7, 11) is 0. The van der Waals surface area contributed by atoms with E-state index in [-0.39, 0.29) is 12.3 Å². The summed E-state index contributed by atoms with van der Waals surface area (Å²) < 4.78 is 39.4. The average molecular weight is 370 g/mol. The number of pyridine rings is 1. The normalized spacial score (nSPS) is 11.8. The second-order valence-corrected chi connectivity index (χ2v) is 6.04. The van der Waals surface area contributed by atoms with E-state index in [0.717, 1.165) is 17.5 Å². The number of hydrogen-bond acceptors (Lipinski definition) is 4. The van der Waals surface area contributed by atoms with Crippen LogP contribution in [-0.2, 0) is 12.7 Å². The van der Waals surface area contributed by atoms with Crippen molar-refractivity contribution in [2.45, 2.75) is 12.7 Å². The number of para-hydroxylation sites is 1. The summed E-state index contributed by atoms with van der Waals surface area (Å²) in [4.78, 5) is 4.41. The van der Waals surface area contributed by atoms with Crippen LogP contribution < -0.4 is 0 Å². The molecule has 0 amide bonds. The number of phenols is 1. The number of alkyl halides is 3. The van der Waals surface area contributed by atoms with E-state index in [1.807, 2.05) is 12.1 Å². The van der Waals surface area contributed by atoms with Crippen LogP contribution in [0.25, 0.3) is 22.3 Å². The number of nitrogens with zero attached hydrogens (tertiary/aromatic N) is 4. The molecular weight excluding hydrogens is 357 g/mol. The van der Waals surface area contributed by atoms with Crippen molar-refractivity contribution in [2.24, 2.45) is 0 Å². The lowest BCUT2D eigenvalue weighted by Crippen LogP contribution is -2.05. The molecule has 0 unspecified atom stereocenters. The highest BCUT2D eigenvalue weighted by atomic mass is 19.4. The molecule has 1 N–H and O–H groups in total. The van der Waals surface area contributed by atoms with Gasteiger partial charge >= 0.3 is 6.18 Å². The van der Waals surface area contributed by atoms with Gasteiger partial charge in [-0.05, 0) is 29.8 Å². The van der Waals surface area contributed by atoms with E-state index in [4.69, 9.17) is 0 Å². The molecule has 2 heterocycles. The molecule has 0 aliphatic carbocycles. The zero-order chi connectivity index (χ0) is 19.0. The largest absolute Gasteiger partial charge is 0.506 e. The number of aromatic hydroxyl groups is 1. The Morgan fingerprint density at radius 1 is 0.926 bits per heavy atom. The van der Waals surface area contributed by atoms with Crippen molar-refractivity contribution in [1.82, 2.24) is 20.0 Å². The minimum atomic E-state index is -4.35. The molecule has 0 aliphatic heterocycles. The third-order valence-corrected chi connectivity index (χ3v) is 4.13. The quantitative estimate of drug-likeness (QED) is 0.585. The van der Waals surface area contributed by atoms with Crippen molar-refractivity contribution in [3.8, 4) is 17.1 Å². The number of halogens is 3. The highest BCUT2D eigenvalue weighted by molar-refractivity contribution is 5.86. The van der Waals surface area contributed by atoms with E-state index in [9.17, 15) is 18.3 Å². The monoisotopic (exact) mass is 370 g/mol. The highest BCUT2D eigenvalue weighted by Gasteiger charge is 2.29. The minimum Gasteiger partial charge on any atom is -0.506 e. The summed E-state index contributed by atoms with van der Waals surface area (Å²) in [6.07, 6.45) is -2.70. The van der Waals surface area contributed by atoms with E-state index < -0.39 is 11.7 Å². The Morgan fingerprint density at radius 2 is 1.70 bits per heavy atom. The van der Waals surface area contributed by atoms with Gasteiger partial charge in [-0.2, -0.15) is 13.2 Å². The summed E-state index contributed by atoms with van der Waals surface area (Å²) in [6.45, 7) is 0.282. The van der Waals surface area contributed by atoms with Gasteiger partial charge in [-0.3, -0.25) is 0 Å². The zero-order valence-corrected chi connectivity index (χ0v) is 13.9. The predicted octanol–water partition coefficient (Wildman–Crippen LogP) is 4.27. The fraction of sp³-hybridized carbons (Fsp3) is 0.105. The van der Waals surface area contributed by atoms with Gasteiger partial charge in [-0.15, -0.1) is 5.10 Å². The SMILES string of the molecule is Oc1cccc2ccc(-c3cn(Cc4ccc(C(F)(F)F)cc4)nn3)nc12. The molecule has 0 fully saturated rings. The Morgan fingerprint density at radius 3 is 2.44 bits per heavy atom. The molecule has 0 spiro atoms. The first kappa shape index (κ1) is 17.0. The Hall–Kier alpha value is -3.42. The molecule has 0 saturated carbocycles. The van der Waals surface area contributed by atoms with Crippen LogP contribution in [0.15, 0.2) is 60.8 Å². The van der Waals surface area contributed by atoms with Gasteiger partial charge in [0, 0.05) is 5.39 Å². The molecule has 5 nitrogen and oxygen atoms in total. The molecule has 136 valence electrons. The third-order valence-electron chi connectivity index (χ3n) is 4.13. The van der Waals surface area contributed by atoms with Gasteiger partial charge in [0.1, 0.15) is 17.0 Å². The standard InChI is InChI=1S/C19H13F3N4O/c20-19(21,22)14-7-4-12(5-8-14)10-26-11-16(24-25-26)15-9-6-13-2-1-3-17(27)18(13)23-15/h1-9,11,27H,10H2. The summed E-state index contributed by atoms with van der Waals surface area (Å²) in [6, 6.07) is 13.6. The van der Waals surface area contributed by atoms with Crippen LogP contribution in [0.5, 0.6) is 5.75 Å². The molecule has 0 saturated heterocycles. The number of phenolic OH excluding ortho intramolecular Hbond substituents is 1. The molecule has 0 aliphatic rings. The second kappa shape index (κ2) is 6.39. The lowest BCUT2D eigenvalue weighted by Gasteiger charge is -2.07. The maximum atomic E-state index is 12.6. The van der Waals surface area contributed by atoms with Crippen LogP contribution in [0.2, 0.25) is 0 Å². The molecule has 8 heteroatoms. The average Bonchev–Trinajstić information content (AvgIpc) is 3.10. The van der Waals surface area contributed by atoms with E-state index in [2.05, 4.69) is 15.3 Å². The molecule has 4 rings (SSSR count). The van der Waals surface area contributed by atoms with Crippen LogP contribution in [0.3, 0.4) is 0 Å². The van der Waals surface area contributed by atoms with Crippen LogP contribution in [0, 0.1) is 0 Å². The first-order chi connectivity index (χ1) is 12.9. The first-order valence-corrected chi connectivity index (χ1v) is 8.05. The fourth-order valence-corrected chi connectivity index (χ4v) is 2.75. The van der Waals surface area contributed by atoms with Crippen molar-refractivity contribution >= 4 is 10.9 Å². The molecule has 27 heavy (non-hydrogen) atoms. The summed E-state index contributed by atoms with van der Waals surface area (Å²) >= 11 is 0.